The van der Waals surface area contributed by atoms with E-state index in [1.54, 1.807) is 11.1 Å². The molecule has 1 heterocycles. The highest BCUT2D eigenvalue weighted by Crippen LogP contribution is 2.19. The third-order valence-corrected chi connectivity index (χ3v) is 3.89. The van der Waals surface area contributed by atoms with Crippen LogP contribution in [-0.4, -0.2) is 26.7 Å². The third kappa shape index (κ3) is 3.83. The Morgan fingerprint density at radius 1 is 1.18 bits per heavy atom. The molecule has 2 rings (SSSR count). The summed E-state index contributed by atoms with van der Waals surface area (Å²) in [6.07, 6.45) is 5.31. The molecule has 0 amide bonds. The Bertz CT molecular complexity index is 329. The van der Waals surface area contributed by atoms with E-state index in [0.717, 1.165) is 5.92 Å². The van der Waals surface area contributed by atoms with Gasteiger partial charge in [-0.3, -0.25) is 0 Å². The summed E-state index contributed by atoms with van der Waals surface area (Å²) in [4.78, 5) is 0. The lowest BCUT2D eigenvalue weighted by Gasteiger charge is -2.21. The van der Waals surface area contributed by atoms with E-state index in [9.17, 15) is 0 Å². The van der Waals surface area contributed by atoms with Gasteiger partial charge >= 0.3 is 0 Å². The standard InChI is InChI=1S/C15H24N2/c1-16-9-8-14-4-2-3-5-15(14)12-13-6-10-17-11-7-13/h2-5,13,16-17H,6-12H2,1H3/p+2. The zero-order valence-corrected chi connectivity index (χ0v) is 11.0. The molecule has 0 aromatic heterocycles. The van der Waals surface area contributed by atoms with Gasteiger partial charge in [-0.05, 0) is 36.3 Å². The van der Waals surface area contributed by atoms with Crippen molar-refractivity contribution in [1.82, 2.24) is 0 Å². The molecule has 0 unspecified atom stereocenters. The number of quaternary nitrogens is 2. The highest BCUT2D eigenvalue weighted by atomic mass is 14.9. The van der Waals surface area contributed by atoms with Crippen LogP contribution in [0.1, 0.15) is 24.0 Å². The molecule has 1 aromatic rings. The maximum Gasteiger partial charge on any atom is 0.0794 e. The second-order valence-electron chi connectivity index (χ2n) is 5.23. The predicted octanol–water partition coefficient (Wildman–Crippen LogP) is -0.0618. The molecule has 2 nitrogen and oxygen atoms in total. The number of hydrogen-bond acceptors (Lipinski definition) is 0. The monoisotopic (exact) mass is 234 g/mol. The van der Waals surface area contributed by atoms with Crippen LogP contribution in [0.3, 0.4) is 0 Å². The molecule has 1 aliphatic heterocycles. The van der Waals surface area contributed by atoms with Gasteiger partial charge in [0, 0.05) is 6.42 Å². The summed E-state index contributed by atoms with van der Waals surface area (Å²) in [6, 6.07) is 9.03. The summed E-state index contributed by atoms with van der Waals surface area (Å²) in [5, 5.41) is 4.72. The van der Waals surface area contributed by atoms with Gasteiger partial charge in [0.05, 0.1) is 26.7 Å². The van der Waals surface area contributed by atoms with Gasteiger partial charge in [-0.1, -0.05) is 24.3 Å². The van der Waals surface area contributed by atoms with Gasteiger partial charge in [0.1, 0.15) is 0 Å². The first kappa shape index (κ1) is 12.6. The first-order valence-corrected chi connectivity index (χ1v) is 7.06. The van der Waals surface area contributed by atoms with Crippen molar-refractivity contribution in [2.45, 2.75) is 25.7 Å². The van der Waals surface area contributed by atoms with Gasteiger partial charge in [0.2, 0.25) is 0 Å². The van der Waals surface area contributed by atoms with Gasteiger partial charge in [0.25, 0.3) is 0 Å². The molecule has 1 aromatic carbocycles. The van der Waals surface area contributed by atoms with Crippen LogP contribution in [0.5, 0.6) is 0 Å². The van der Waals surface area contributed by atoms with Crippen molar-refractivity contribution in [1.29, 1.82) is 0 Å². The lowest BCUT2D eigenvalue weighted by Crippen LogP contribution is -2.86. The topological polar surface area (TPSA) is 33.2 Å². The summed E-state index contributed by atoms with van der Waals surface area (Å²) in [6.45, 7) is 3.86. The molecular formula is C15H26N2+2. The Labute approximate surface area is 105 Å². The molecule has 1 aliphatic rings. The second kappa shape index (κ2) is 6.77. The Morgan fingerprint density at radius 3 is 2.59 bits per heavy atom. The zero-order chi connectivity index (χ0) is 11.9. The molecule has 0 bridgehead atoms. The summed E-state index contributed by atoms with van der Waals surface area (Å²) >= 11 is 0. The van der Waals surface area contributed by atoms with Gasteiger partial charge in [-0.2, -0.15) is 0 Å². The van der Waals surface area contributed by atoms with Crippen LogP contribution >= 0.6 is 0 Å². The van der Waals surface area contributed by atoms with Gasteiger partial charge in [-0.15, -0.1) is 0 Å². The highest BCUT2D eigenvalue weighted by Gasteiger charge is 2.16. The number of likely N-dealkylation sites (N-methyl/N-ethyl adjacent to an activating group) is 1. The molecule has 94 valence electrons. The lowest BCUT2D eigenvalue weighted by molar-refractivity contribution is -0.664. The van der Waals surface area contributed by atoms with E-state index >= 15 is 0 Å². The van der Waals surface area contributed by atoms with Crippen molar-refractivity contribution in [2.24, 2.45) is 5.92 Å². The van der Waals surface area contributed by atoms with Gasteiger partial charge in [-0.25, -0.2) is 0 Å². The Hall–Kier alpha value is -0.860. The fraction of sp³-hybridized carbons (Fsp3) is 0.600. The normalized spacial score (nSPS) is 17.2. The number of piperidine rings is 1. The smallest absolute Gasteiger partial charge is 0.0794 e. The van der Waals surface area contributed by atoms with Crippen LogP contribution in [0.15, 0.2) is 24.3 Å². The summed E-state index contributed by atoms with van der Waals surface area (Å²) in [5.74, 6) is 0.923. The molecule has 17 heavy (non-hydrogen) atoms. The van der Waals surface area contributed by atoms with E-state index in [4.69, 9.17) is 0 Å². The fourth-order valence-corrected chi connectivity index (χ4v) is 2.81. The van der Waals surface area contributed by atoms with Crippen molar-refractivity contribution in [3.63, 3.8) is 0 Å². The van der Waals surface area contributed by atoms with Crippen molar-refractivity contribution >= 4 is 0 Å². The van der Waals surface area contributed by atoms with E-state index in [2.05, 4.69) is 41.9 Å². The summed E-state index contributed by atoms with van der Waals surface area (Å²) in [5.41, 5.74) is 3.17. The largest absolute Gasteiger partial charge is 0.348 e. The second-order valence-corrected chi connectivity index (χ2v) is 5.23. The molecule has 0 radical (unpaired) electrons. The zero-order valence-electron chi connectivity index (χ0n) is 11.0. The molecule has 0 saturated carbocycles. The number of benzene rings is 1. The minimum atomic E-state index is 0.923. The molecule has 2 heteroatoms. The number of hydrogen-bond donors (Lipinski definition) is 2. The number of rotatable bonds is 5. The average Bonchev–Trinajstić information content (AvgIpc) is 2.39. The first-order valence-electron chi connectivity index (χ1n) is 7.06. The first-order chi connectivity index (χ1) is 8.40. The SMILES string of the molecule is C[NH2+]CCc1ccccc1CC1CC[NH2+]CC1. The van der Waals surface area contributed by atoms with Gasteiger partial charge < -0.3 is 10.6 Å². The van der Waals surface area contributed by atoms with E-state index < -0.39 is 0 Å². The van der Waals surface area contributed by atoms with Gasteiger partial charge in [0.15, 0.2) is 0 Å². The van der Waals surface area contributed by atoms with Crippen molar-refractivity contribution in [3.05, 3.63) is 35.4 Å². The molecule has 1 saturated heterocycles. The lowest BCUT2D eigenvalue weighted by atomic mass is 9.88. The van der Waals surface area contributed by atoms with Crippen LogP contribution in [0, 0.1) is 5.92 Å². The Morgan fingerprint density at radius 2 is 1.88 bits per heavy atom. The predicted molar refractivity (Wildman–Crippen MR) is 70.9 cm³/mol. The maximum absolute atomic E-state index is 2.45. The minimum absolute atomic E-state index is 0.923. The molecule has 0 atom stereocenters. The Balaban J connectivity index is 1.98. The van der Waals surface area contributed by atoms with Crippen molar-refractivity contribution in [3.8, 4) is 0 Å². The van der Waals surface area contributed by atoms with E-state index in [-0.39, 0.29) is 0 Å². The van der Waals surface area contributed by atoms with E-state index in [1.807, 2.05) is 0 Å². The van der Waals surface area contributed by atoms with Crippen LogP contribution in [0.2, 0.25) is 0 Å². The van der Waals surface area contributed by atoms with E-state index in [0.29, 0.717) is 0 Å². The Kier molecular flexibility index (Phi) is 5.02. The minimum Gasteiger partial charge on any atom is -0.348 e. The van der Waals surface area contributed by atoms with Crippen LogP contribution in [0.4, 0.5) is 0 Å². The quantitative estimate of drug-likeness (QED) is 0.716. The summed E-state index contributed by atoms with van der Waals surface area (Å²) in [7, 11) is 2.15. The molecule has 1 fully saturated rings. The molecule has 0 aliphatic carbocycles. The van der Waals surface area contributed by atoms with Crippen molar-refractivity contribution < 1.29 is 10.6 Å². The fourth-order valence-electron chi connectivity index (χ4n) is 2.81. The molecule has 4 N–H and O–H groups in total. The van der Waals surface area contributed by atoms with Crippen LogP contribution < -0.4 is 10.6 Å². The third-order valence-electron chi connectivity index (χ3n) is 3.89. The van der Waals surface area contributed by atoms with Crippen LogP contribution in [0.25, 0.3) is 0 Å². The summed E-state index contributed by atoms with van der Waals surface area (Å²) < 4.78 is 0. The number of nitrogens with two attached hydrogens (primary N) is 2. The van der Waals surface area contributed by atoms with Crippen LogP contribution in [-0.2, 0) is 12.8 Å². The maximum atomic E-state index is 2.45. The molecular weight excluding hydrogens is 208 g/mol. The highest BCUT2D eigenvalue weighted by molar-refractivity contribution is 5.27. The average molecular weight is 234 g/mol. The van der Waals surface area contributed by atoms with Crippen molar-refractivity contribution in [2.75, 3.05) is 26.7 Å². The molecule has 0 spiro atoms. The van der Waals surface area contributed by atoms with E-state index in [1.165, 1.54) is 45.3 Å².